The topological polar surface area (TPSA) is 54.6 Å². The SMILES string of the molecule is O=c1c(=Cc2ccc(O)c(Br)c2)sc2n1C(c1ccc(Cl)cc1)C=C(c1ccccc1)N=2. The fraction of sp³-hybridized carbons (Fsp3) is 0.0400. The van der Waals surface area contributed by atoms with Crippen LogP contribution in [0.2, 0.25) is 5.02 Å². The van der Waals surface area contributed by atoms with Crippen LogP contribution in [-0.4, -0.2) is 9.67 Å². The predicted molar refractivity (Wildman–Crippen MR) is 133 cm³/mol. The fourth-order valence-electron chi connectivity index (χ4n) is 3.61. The average Bonchev–Trinajstić information content (AvgIpc) is 3.12. The summed E-state index contributed by atoms with van der Waals surface area (Å²) in [6.07, 6.45) is 3.83. The van der Waals surface area contributed by atoms with Gasteiger partial charge in [0.25, 0.3) is 5.56 Å². The lowest BCUT2D eigenvalue weighted by atomic mass is 10.0. The van der Waals surface area contributed by atoms with E-state index in [0.717, 1.165) is 22.4 Å². The van der Waals surface area contributed by atoms with Crippen molar-refractivity contribution >= 4 is 50.6 Å². The maximum Gasteiger partial charge on any atom is 0.271 e. The maximum atomic E-state index is 13.4. The second-order valence-electron chi connectivity index (χ2n) is 7.31. The summed E-state index contributed by atoms with van der Waals surface area (Å²) in [6.45, 7) is 0. The van der Waals surface area contributed by atoms with Gasteiger partial charge < -0.3 is 5.11 Å². The number of benzene rings is 3. The first-order valence-corrected chi connectivity index (χ1v) is 11.8. The number of fused-ring (bicyclic) bond motifs is 1. The molecule has 32 heavy (non-hydrogen) atoms. The van der Waals surface area contributed by atoms with E-state index in [4.69, 9.17) is 16.6 Å². The Morgan fingerprint density at radius 2 is 1.81 bits per heavy atom. The Labute approximate surface area is 201 Å². The third kappa shape index (κ3) is 3.97. The molecule has 3 aromatic carbocycles. The van der Waals surface area contributed by atoms with Crippen molar-refractivity contribution < 1.29 is 5.11 Å². The summed E-state index contributed by atoms with van der Waals surface area (Å²) in [4.78, 5) is 18.9. The number of hydrogen-bond acceptors (Lipinski definition) is 4. The van der Waals surface area contributed by atoms with Crippen molar-refractivity contribution in [3.05, 3.63) is 125 Å². The number of rotatable bonds is 3. The van der Waals surface area contributed by atoms with Crippen molar-refractivity contribution in [1.29, 1.82) is 0 Å². The molecule has 0 fully saturated rings. The Bertz CT molecular complexity index is 1520. The highest BCUT2D eigenvalue weighted by atomic mass is 79.9. The molecule has 0 amide bonds. The second-order valence-corrected chi connectivity index (χ2v) is 9.61. The third-order valence-corrected chi connectivity index (χ3v) is 7.07. The van der Waals surface area contributed by atoms with Crippen LogP contribution in [-0.2, 0) is 0 Å². The highest BCUT2D eigenvalue weighted by Crippen LogP contribution is 2.28. The number of allylic oxidation sites excluding steroid dienone is 1. The largest absolute Gasteiger partial charge is 0.507 e. The van der Waals surface area contributed by atoms with Gasteiger partial charge in [0.15, 0.2) is 4.80 Å². The van der Waals surface area contributed by atoms with E-state index in [-0.39, 0.29) is 17.4 Å². The minimum absolute atomic E-state index is 0.110. The van der Waals surface area contributed by atoms with Crippen molar-refractivity contribution in [2.75, 3.05) is 0 Å². The molecular formula is C25H16BrClN2O2S. The van der Waals surface area contributed by atoms with Crippen molar-refractivity contribution in [3.8, 4) is 5.75 Å². The van der Waals surface area contributed by atoms with Gasteiger partial charge in [-0.2, -0.15) is 0 Å². The molecule has 1 atom stereocenters. The van der Waals surface area contributed by atoms with Crippen LogP contribution in [0.1, 0.15) is 22.7 Å². The Morgan fingerprint density at radius 1 is 1.06 bits per heavy atom. The summed E-state index contributed by atoms with van der Waals surface area (Å²) >= 11 is 10.8. The van der Waals surface area contributed by atoms with Gasteiger partial charge in [0, 0.05) is 5.02 Å². The van der Waals surface area contributed by atoms with Crippen LogP contribution in [0.4, 0.5) is 0 Å². The average molecular weight is 524 g/mol. The molecule has 0 bridgehead atoms. The van der Waals surface area contributed by atoms with Gasteiger partial charge in [-0.05, 0) is 69.0 Å². The zero-order chi connectivity index (χ0) is 22.2. The number of nitrogens with zero attached hydrogens (tertiary/aromatic N) is 2. The van der Waals surface area contributed by atoms with Crippen LogP contribution >= 0.6 is 38.9 Å². The Balaban J connectivity index is 1.72. The van der Waals surface area contributed by atoms with Gasteiger partial charge in [-0.15, -0.1) is 0 Å². The van der Waals surface area contributed by atoms with E-state index in [9.17, 15) is 9.90 Å². The molecule has 5 rings (SSSR count). The Morgan fingerprint density at radius 3 is 2.53 bits per heavy atom. The molecule has 0 saturated carbocycles. The first kappa shape index (κ1) is 20.9. The molecule has 0 aliphatic carbocycles. The molecule has 1 unspecified atom stereocenters. The van der Waals surface area contributed by atoms with E-state index < -0.39 is 0 Å². The van der Waals surface area contributed by atoms with Crippen molar-refractivity contribution in [1.82, 2.24) is 4.57 Å². The summed E-state index contributed by atoms with van der Waals surface area (Å²) in [5, 5.41) is 10.4. The molecule has 0 radical (unpaired) electrons. The molecule has 1 aliphatic rings. The molecular weight excluding hydrogens is 508 g/mol. The van der Waals surface area contributed by atoms with Crippen LogP contribution in [0, 0.1) is 0 Å². The highest BCUT2D eigenvalue weighted by Gasteiger charge is 2.22. The number of phenolic OH excluding ortho intramolecular Hbond substituents is 1. The third-order valence-electron chi connectivity index (χ3n) is 5.20. The maximum absolute atomic E-state index is 13.4. The first-order valence-electron chi connectivity index (χ1n) is 9.82. The van der Waals surface area contributed by atoms with E-state index in [2.05, 4.69) is 15.9 Å². The monoisotopic (exact) mass is 522 g/mol. The summed E-state index contributed by atoms with van der Waals surface area (Å²) in [5.74, 6) is 0.152. The van der Waals surface area contributed by atoms with E-state index >= 15 is 0 Å². The second kappa shape index (κ2) is 8.54. The zero-order valence-electron chi connectivity index (χ0n) is 16.6. The number of aromatic nitrogens is 1. The first-order chi connectivity index (χ1) is 15.5. The van der Waals surface area contributed by atoms with Gasteiger partial charge in [0.1, 0.15) is 5.75 Å². The Kier molecular flexibility index (Phi) is 5.59. The molecule has 1 aromatic heterocycles. The molecule has 2 heterocycles. The lowest BCUT2D eigenvalue weighted by molar-refractivity contribution is 0.472. The van der Waals surface area contributed by atoms with Crippen LogP contribution in [0.25, 0.3) is 11.8 Å². The highest BCUT2D eigenvalue weighted by molar-refractivity contribution is 9.10. The number of halogens is 2. The van der Waals surface area contributed by atoms with Crippen LogP contribution in [0.5, 0.6) is 5.75 Å². The lowest BCUT2D eigenvalue weighted by Gasteiger charge is -2.19. The van der Waals surface area contributed by atoms with Crippen molar-refractivity contribution in [3.63, 3.8) is 0 Å². The summed E-state index contributed by atoms with van der Waals surface area (Å²) < 4.78 is 2.87. The molecule has 4 aromatic rings. The molecule has 0 spiro atoms. The predicted octanol–water partition coefficient (Wildman–Crippen LogP) is 5.12. The summed E-state index contributed by atoms with van der Waals surface area (Å²) in [5.41, 5.74) is 3.47. The number of hydrogen-bond donors (Lipinski definition) is 1. The van der Waals surface area contributed by atoms with Crippen LogP contribution in [0.15, 0.2) is 93.1 Å². The lowest BCUT2D eigenvalue weighted by Crippen LogP contribution is -2.36. The van der Waals surface area contributed by atoms with Crippen LogP contribution < -0.4 is 14.9 Å². The number of phenols is 1. The van der Waals surface area contributed by atoms with Gasteiger partial charge in [-0.1, -0.05) is 71.5 Å². The van der Waals surface area contributed by atoms with Gasteiger partial charge in [-0.3, -0.25) is 9.36 Å². The van der Waals surface area contributed by atoms with Crippen molar-refractivity contribution in [2.45, 2.75) is 6.04 Å². The summed E-state index contributed by atoms with van der Waals surface area (Å²) in [6, 6.07) is 22.3. The molecule has 4 nitrogen and oxygen atoms in total. The molecule has 1 aliphatic heterocycles. The molecule has 158 valence electrons. The fourth-order valence-corrected chi connectivity index (χ4v) is 5.15. The molecule has 7 heteroatoms. The van der Waals surface area contributed by atoms with Gasteiger partial charge >= 0.3 is 0 Å². The van der Waals surface area contributed by atoms with Gasteiger partial charge in [0.05, 0.1) is 20.7 Å². The minimum atomic E-state index is -0.299. The van der Waals surface area contributed by atoms with E-state index in [0.29, 0.717) is 18.8 Å². The number of aromatic hydroxyl groups is 1. The smallest absolute Gasteiger partial charge is 0.271 e. The van der Waals surface area contributed by atoms with Gasteiger partial charge in [-0.25, -0.2) is 4.99 Å². The normalized spacial score (nSPS) is 15.8. The Hall–Kier alpha value is -2.93. The quantitative estimate of drug-likeness (QED) is 0.405. The van der Waals surface area contributed by atoms with Gasteiger partial charge in [0.2, 0.25) is 0 Å². The van der Waals surface area contributed by atoms with E-state index in [1.165, 1.54) is 11.3 Å². The minimum Gasteiger partial charge on any atom is -0.507 e. The molecule has 1 N–H and O–H groups in total. The number of thiazole rings is 1. The van der Waals surface area contributed by atoms with E-state index in [1.54, 1.807) is 22.8 Å². The molecule has 0 saturated heterocycles. The summed E-state index contributed by atoms with van der Waals surface area (Å²) in [7, 11) is 0. The standard InChI is InChI=1S/C25H16BrClN2O2S/c26-19-12-15(6-11-22(19)30)13-23-24(31)29-21(17-7-9-18(27)10-8-17)14-20(28-25(29)32-23)16-4-2-1-3-5-16/h1-14,21,30H. The van der Waals surface area contributed by atoms with E-state index in [1.807, 2.05) is 66.7 Å². The van der Waals surface area contributed by atoms with Crippen LogP contribution in [0.3, 0.4) is 0 Å². The van der Waals surface area contributed by atoms with Crippen molar-refractivity contribution in [2.24, 2.45) is 4.99 Å². The zero-order valence-corrected chi connectivity index (χ0v) is 19.7.